The summed E-state index contributed by atoms with van der Waals surface area (Å²) in [4.78, 5) is 14.8. The molecular weight excluding hydrogens is 210 g/mol. The summed E-state index contributed by atoms with van der Waals surface area (Å²) in [6, 6.07) is 6.35. The maximum atomic E-state index is 11.9. The van der Waals surface area contributed by atoms with Crippen LogP contribution in [-0.2, 0) is 6.42 Å². The number of H-pyrrole nitrogens is 1. The smallest absolute Gasteiger partial charge is 0.255 e. The van der Waals surface area contributed by atoms with Gasteiger partial charge in [0.2, 0.25) is 0 Å². The molecule has 3 rings (SSSR count). The lowest BCUT2D eigenvalue weighted by Gasteiger charge is -2.06. The van der Waals surface area contributed by atoms with E-state index in [1.54, 1.807) is 0 Å². The lowest BCUT2D eigenvalue weighted by atomic mass is 10.0. The van der Waals surface area contributed by atoms with Crippen LogP contribution in [0.4, 0.5) is 0 Å². The normalized spacial score (nSPS) is 15.4. The molecule has 0 amide bonds. The molecule has 1 saturated carbocycles. The number of rotatable bonds is 3. The van der Waals surface area contributed by atoms with E-state index in [2.05, 4.69) is 30.1 Å². The molecule has 17 heavy (non-hydrogen) atoms. The minimum atomic E-state index is 0.0438. The largest absolute Gasteiger partial charge is 0.328 e. The highest BCUT2D eigenvalue weighted by Crippen LogP contribution is 2.42. The van der Waals surface area contributed by atoms with Crippen molar-refractivity contribution in [3.05, 3.63) is 45.9 Å². The van der Waals surface area contributed by atoms with Crippen LogP contribution >= 0.6 is 0 Å². The summed E-state index contributed by atoms with van der Waals surface area (Å²) in [6.45, 7) is 2.16. The Kier molecular flexibility index (Phi) is 2.50. The van der Waals surface area contributed by atoms with Crippen LogP contribution in [0, 0.1) is 0 Å². The fraction of sp³-hybridized carbons (Fsp3) is 0.400. The van der Waals surface area contributed by atoms with Gasteiger partial charge >= 0.3 is 0 Å². The van der Waals surface area contributed by atoms with Crippen molar-refractivity contribution in [1.82, 2.24) is 4.98 Å². The molecule has 0 spiro atoms. The Morgan fingerprint density at radius 3 is 2.82 bits per heavy atom. The average Bonchev–Trinajstić information content (AvgIpc) is 3.15. The molecule has 0 aliphatic heterocycles. The highest BCUT2D eigenvalue weighted by atomic mass is 16.1. The van der Waals surface area contributed by atoms with E-state index in [0.717, 1.165) is 23.6 Å². The van der Waals surface area contributed by atoms with E-state index >= 15 is 0 Å². The molecule has 1 N–H and O–H groups in total. The summed E-state index contributed by atoms with van der Waals surface area (Å²) in [6.07, 6.45) is 6.59. The van der Waals surface area contributed by atoms with Gasteiger partial charge in [0.1, 0.15) is 0 Å². The number of pyridine rings is 1. The first kappa shape index (κ1) is 10.6. The van der Waals surface area contributed by atoms with Gasteiger partial charge in [-0.3, -0.25) is 4.79 Å². The fourth-order valence-corrected chi connectivity index (χ4v) is 2.51. The summed E-state index contributed by atoms with van der Waals surface area (Å²) < 4.78 is 0. The summed E-state index contributed by atoms with van der Waals surface area (Å²) in [5.74, 6) is 0.673. The molecule has 1 fully saturated rings. The molecule has 1 aliphatic carbocycles. The lowest BCUT2D eigenvalue weighted by molar-refractivity contribution is 0.923. The van der Waals surface area contributed by atoms with E-state index in [9.17, 15) is 4.79 Å². The molecule has 0 bridgehead atoms. The number of nitrogens with one attached hydrogen (secondary N) is 1. The molecule has 0 atom stereocenters. The van der Waals surface area contributed by atoms with Gasteiger partial charge in [0, 0.05) is 11.6 Å². The third-order valence-corrected chi connectivity index (χ3v) is 3.55. The monoisotopic (exact) mass is 227 g/mol. The van der Waals surface area contributed by atoms with Gasteiger partial charge in [0.25, 0.3) is 5.56 Å². The Morgan fingerprint density at radius 2 is 2.12 bits per heavy atom. The standard InChI is InChI=1S/C15H17NO/c1-2-3-10-4-7-12-13(8-10)15(17)16-9-14(12)11-5-6-11/h4,7-9,11H,2-3,5-6H2,1H3,(H,16,17). The van der Waals surface area contributed by atoms with Crippen molar-refractivity contribution in [1.29, 1.82) is 0 Å². The van der Waals surface area contributed by atoms with Crippen molar-refractivity contribution in [2.24, 2.45) is 0 Å². The molecule has 0 radical (unpaired) electrons. The molecular formula is C15H17NO. The van der Waals surface area contributed by atoms with Crippen LogP contribution in [0.2, 0.25) is 0 Å². The Hall–Kier alpha value is -1.57. The van der Waals surface area contributed by atoms with E-state index in [-0.39, 0.29) is 5.56 Å². The van der Waals surface area contributed by atoms with E-state index in [1.165, 1.54) is 24.0 Å². The molecule has 2 heteroatoms. The maximum absolute atomic E-state index is 11.9. The zero-order valence-electron chi connectivity index (χ0n) is 10.1. The second kappa shape index (κ2) is 4.02. The van der Waals surface area contributed by atoms with Gasteiger partial charge in [-0.1, -0.05) is 25.5 Å². The van der Waals surface area contributed by atoms with Crippen LogP contribution in [0.25, 0.3) is 10.8 Å². The van der Waals surface area contributed by atoms with Crippen molar-refractivity contribution < 1.29 is 0 Å². The van der Waals surface area contributed by atoms with Gasteiger partial charge < -0.3 is 4.98 Å². The molecule has 1 heterocycles. The van der Waals surface area contributed by atoms with Gasteiger partial charge in [-0.25, -0.2) is 0 Å². The third kappa shape index (κ3) is 1.88. The zero-order chi connectivity index (χ0) is 11.8. The van der Waals surface area contributed by atoms with Gasteiger partial charge in [0.05, 0.1) is 0 Å². The Balaban J connectivity index is 2.21. The number of benzene rings is 1. The minimum absolute atomic E-state index is 0.0438. The molecule has 88 valence electrons. The molecule has 2 nitrogen and oxygen atoms in total. The fourth-order valence-electron chi connectivity index (χ4n) is 2.51. The van der Waals surface area contributed by atoms with E-state index in [4.69, 9.17) is 0 Å². The second-order valence-corrected chi connectivity index (χ2v) is 4.98. The SMILES string of the molecule is CCCc1ccc2c(C3CC3)c[nH]c(=O)c2c1. The van der Waals surface area contributed by atoms with Gasteiger partial charge in [-0.05, 0) is 47.8 Å². The van der Waals surface area contributed by atoms with Crippen LogP contribution in [0.3, 0.4) is 0 Å². The topological polar surface area (TPSA) is 32.9 Å². The quantitative estimate of drug-likeness (QED) is 0.856. The van der Waals surface area contributed by atoms with Gasteiger partial charge in [0.15, 0.2) is 0 Å². The Morgan fingerprint density at radius 1 is 1.29 bits per heavy atom. The van der Waals surface area contributed by atoms with E-state index < -0.39 is 0 Å². The molecule has 1 aliphatic rings. The average molecular weight is 227 g/mol. The van der Waals surface area contributed by atoms with Crippen molar-refractivity contribution in [3.8, 4) is 0 Å². The van der Waals surface area contributed by atoms with E-state index in [1.807, 2.05) is 6.20 Å². The van der Waals surface area contributed by atoms with Crippen LogP contribution in [-0.4, -0.2) is 4.98 Å². The number of hydrogen-bond donors (Lipinski definition) is 1. The Labute approximate surface area is 101 Å². The second-order valence-electron chi connectivity index (χ2n) is 4.98. The van der Waals surface area contributed by atoms with Crippen molar-refractivity contribution in [3.63, 3.8) is 0 Å². The molecule has 0 saturated heterocycles. The summed E-state index contributed by atoms with van der Waals surface area (Å²) >= 11 is 0. The molecule has 1 aromatic carbocycles. The van der Waals surface area contributed by atoms with Crippen LogP contribution in [0.5, 0.6) is 0 Å². The minimum Gasteiger partial charge on any atom is -0.328 e. The first-order valence-corrected chi connectivity index (χ1v) is 6.44. The molecule has 2 aromatic rings. The number of hydrogen-bond acceptors (Lipinski definition) is 1. The first-order chi connectivity index (χ1) is 8.29. The first-order valence-electron chi connectivity index (χ1n) is 6.44. The third-order valence-electron chi connectivity index (χ3n) is 3.55. The van der Waals surface area contributed by atoms with Crippen molar-refractivity contribution in [2.45, 2.75) is 38.5 Å². The maximum Gasteiger partial charge on any atom is 0.255 e. The van der Waals surface area contributed by atoms with Gasteiger partial charge in [-0.2, -0.15) is 0 Å². The highest BCUT2D eigenvalue weighted by Gasteiger charge is 2.25. The Bertz CT molecular complexity index is 608. The summed E-state index contributed by atoms with van der Waals surface area (Å²) in [7, 11) is 0. The number of aromatic amines is 1. The zero-order valence-corrected chi connectivity index (χ0v) is 10.1. The van der Waals surface area contributed by atoms with Gasteiger partial charge in [-0.15, -0.1) is 0 Å². The van der Waals surface area contributed by atoms with Crippen molar-refractivity contribution >= 4 is 10.8 Å². The van der Waals surface area contributed by atoms with Crippen LogP contribution < -0.4 is 5.56 Å². The lowest BCUT2D eigenvalue weighted by Crippen LogP contribution is -2.07. The number of aryl methyl sites for hydroxylation is 1. The number of aromatic nitrogens is 1. The van der Waals surface area contributed by atoms with Crippen LogP contribution in [0.1, 0.15) is 43.2 Å². The van der Waals surface area contributed by atoms with E-state index in [0.29, 0.717) is 5.92 Å². The number of fused-ring (bicyclic) bond motifs is 1. The predicted octanol–water partition coefficient (Wildman–Crippen LogP) is 3.36. The summed E-state index contributed by atoms with van der Waals surface area (Å²) in [5.41, 5.74) is 2.63. The van der Waals surface area contributed by atoms with Crippen LogP contribution in [0.15, 0.2) is 29.2 Å². The predicted molar refractivity (Wildman–Crippen MR) is 70.5 cm³/mol. The van der Waals surface area contributed by atoms with Crippen molar-refractivity contribution in [2.75, 3.05) is 0 Å². The summed E-state index contributed by atoms with van der Waals surface area (Å²) in [5, 5.41) is 2.01. The molecule has 0 unspecified atom stereocenters. The highest BCUT2D eigenvalue weighted by molar-refractivity contribution is 5.86. The molecule has 1 aromatic heterocycles.